The highest BCUT2D eigenvalue weighted by Crippen LogP contribution is 2.38. The highest BCUT2D eigenvalue weighted by Gasteiger charge is 2.41. The Balaban J connectivity index is 1.92. The zero-order chi connectivity index (χ0) is 12.3. The van der Waals surface area contributed by atoms with E-state index in [1.54, 1.807) is 0 Å². The van der Waals surface area contributed by atoms with Gasteiger partial charge in [0.25, 0.3) is 0 Å². The molecule has 1 aliphatic rings. The first-order valence-corrected chi connectivity index (χ1v) is 6.19. The number of hydrogen-bond acceptors (Lipinski definition) is 2. The first-order chi connectivity index (χ1) is 8.14. The molecular weight excluding hydrogens is 212 g/mol. The lowest BCUT2D eigenvalue weighted by atomic mass is 9.95. The second-order valence-corrected chi connectivity index (χ2v) is 5.11. The average molecular weight is 232 g/mol. The van der Waals surface area contributed by atoms with Gasteiger partial charge in [-0.25, -0.2) is 0 Å². The highest BCUT2D eigenvalue weighted by molar-refractivity contribution is 5.79. The summed E-state index contributed by atoms with van der Waals surface area (Å²) in [6.45, 7) is 2.56. The Morgan fingerprint density at radius 2 is 2.06 bits per heavy atom. The van der Waals surface area contributed by atoms with Crippen LogP contribution in [0.3, 0.4) is 0 Å². The van der Waals surface area contributed by atoms with Crippen LogP contribution >= 0.6 is 0 Å². The van der Waals surface area contributed by atoms with Crippen LogP contribution in [-0.4, -0.2) is 18.0 Å². The van der Waals surface area contributed by atoms with Crippen molar-refractivity contribution in [3.05, 3.63) is 35.9 Å². The van der Waals surface area contributed by atoms with E-state index in [4.69, 9.17) is 5.73 Å². The molecule has 3 nitrogen and oxygen atoms in total. The second-order valence-electron chi connectivity index (χ2n) is 5.11. The van der Waals surface area contributed by atoms with Crippen molar-refractivity contribution in [1.29, 1.82) is 0 Å². The molecule has 0 bridgehead atoms. The summed E-state index contributed by atoms with van der Waals surface area (Å²) < 4.78 is 0. The van der Waals surface area contributed by atoms with Gasteiger partial charge in [-0.1, -0.05) is 30.3 Å². The molecule has 1 saturated carbocycles. The maximum absolute atomic E-state index is 12.0. The van der Waals surface area contributed by atoms with Gasteiger partial charge >= 0.3 is 0 Å². The summed E-state index contributed by atoms with van der Waals surface area (Å²) in [7, 11) is 0. The van der Waals surface area contributed by atoms with E-state index in [1.165, 1.54) is 12.8 Å². The summed E-state index contributed by atoms with van der Waals surface area (Å²) in [6.07, 6.45) is 2.79. The topological polar surface area (TPSA) is 55.1 Å². The van der Waals surface area contributed by atoms with E-state index in [0.717, 1.165) is 5.56 Å². The minimum Gasteiger partial charge on any atom is -0.349 e. The van der Waals surface area contributed by atoms with Crippen molar-refractivity contribution in [1.82, 2.24) is 5.32 Å². The van der Waals surface area contributed by atoms with Crippen molar-refractivity contribution >= 4 is 5.91 Å². The van der Waals surface area contributed by atoms with Gasteiger partial charge < -0.3 is 11.1 Å². The van der Waals surface area contributed by atoms with Gasteiger partial charge in [0, 0.05) is 6.54 Å². The number of amides is 1. The summed E-state index contributed by atoms with van der Waals surface area (Å²) in [5.74, 6) is 0.628. The van der Waals surface area contributed by atoms with Crippen molar-refractivity contribution in [3.8, 4) is 0 Å². The number of benzene rings is 1. The molecule has 1 fully saturated rings. The van der Waals surface area contributed by atoms with Crippen molar-refractivity contribution in [3.63, 3.8) is 0 Å². The molecule has 1 aliphatic carbocycles. The van der Waals surface area contributed by atoms with E-state index >= 15 is 0 Å². The molecule has 17 heavy (non-hydrogen) atoms. The lowest BCUT2D eigenvalue weighted by molar-refractivity contribution is -0.122. The first kappa shape index (κ1) is 12.1. The van der Waals surface area contributed by atoms with Crippen LogP contribution in [0.4, 0.5) is 0 Å². The zero-order valence-electron chi connectivity index (χ0n) is 10.3. The molecule has 1 unspecified atom stereocenters. The lowest BCUT2D eigenvalue weighted by Gasteiger charge is -2.29. The largest absolute Gasteiger partial charge is 0.349 e. The minimum absolute atomic E-state index is 0.0658. The highest BCUT2D eigenvalue weighted by atomic mass is 16.1. The number of carbonyl (C=O) groups excluding carboxylic acids is 1. The third-order valence-corrected chi connectivity index (χ3v) is 3.53. The van der Waals surface area contributed by atoms with Gasteiger partial charge in [0.1, 0.15) is 0 Å². The second kappa shape index (κ2) is 4.88. The number of hydrogen-bond donors (Lipinski definition) is 2. The molecule has 2 rings (SSSR count). The molecule has 0 radical (unpaired) electrons. The molecule has 3 N–H and O–H groups in total. The molecule has 0 saturated heterocycles. The number of nitrogens with two attached hydrogens (primary N) is 1. The summed E-state index contributed by atoms with van der Waals surface area (Å²) in [4.78, 5) is 12.0. The molecule has 1 amide bonds. The van der Waals surface area contributed by atoms with Crippen LogP contribution in [0.1, 0.15) is 25.3 Å². The predicted molar refractivity (Wildman–Crippen MR) is 68.5 cm³/mol. The van der Waals surface area contributed by atoms with Crippen LogP contribution in [0.2, 0.25) is 0 Å². The summed E-state index contributed by atoms with van der Waals surface area (Å²) >= 11 is 0. The molecular formula is C14H20N2O. The molecule has 1 aromatic carbocycles. The van der Waals surface area contributed by atoms with Crippen molar-refractivity contribution in [2.45, 2.75) is 31.7 Å². The van der Waals surface area contributed by atoms with Crippen LogP contribution < -0.4 is 11.1 Å². The van der Waals surface area contributed by atoms with E-state index in [-0.39, 0.29) is 11.4 Å². The fourth-order valence-corrected chi connectivity index (χ4v) is 2.18. The van der Waals surface area contributed by atoms with Crippen molar-refractivity contribution in [2.24, 2.45) is 11.7 Å². The monoisotopic (exact) mass is 232 g/mol. The number of carbonyl (C=O) groups is 1. The van der Waals surface area contributed by atoms with Gasteiger partial charge in [-0.15, -0.1) is 0 Å². The van der Waals surface area contributed by atoms with E-state index < -0.39 is 0 Å². The zero-order valence-corrected chi connectivity index (χ0v) is 10.3. The Kier molecular flexibility index (Phi) is 3.48. The lowest BCUT2D eigenvalue weighted by Crippen LogP contribution is -2.53. The van der Waals surface area contributed by atoms with E-state index in [9.17, 15) is 4.79 Å². The normalized spacial score (nSPS) is 18.5. The average Bonchev–Trinajstić information content (AvgIpc) is 3.14. The molecule has 0 heterocycles. The Morgan fingerprint density at radius 3 is 2.59 bits per heavy atom. The van der Waals surface area contributed by atoms with Gasteiger partial charge in [-0.2, -0.15) is 0 Å². The minimum atomic E-state index is -0.216. The maximum Gasteiger partial charge on any atom is 0.224 e. The van der Waals surface area contributed by atoms with E-state index in [0.29, 0.717) is 18.9 Å². The Bertz CT molecular complexity index is 386. The summed E-state index contributed by atoms with van der Waals surface area (Å²) in [5, 5.41) is 3.09. The van der Waals surface area contributed by atoms with Gasteiger partial charge in [-0.3, -0.25) is 4.79 Å². The number of nitrogens with one attached hydrogen (secondary N) is 1. The Labute approximate surface area is 102 Å². The fraction of sp³-hybridized carbons (Fsp3) is 0.500. The summed E-state index contributed by atoms with van der Waals surface area (Å²) in [6, 6.07) is 9.79. The standard InChI is InChI=1S/C14H20N2O/c1-14(10-15,12-7-8-12)16-13(17)9-11-5-3-2-4-6-11/h2-6,12H,7-10,15H2,1H3,(H,16,17). The van der Waals surface area contributed by atoms with Crippen molar-refractivity contribution in [2.75, 3.05) is 6.54 Å². The van der Waals surface area contributed by atoms with Gasteiger partial charge in [0.15, 0.2) is 0 Å². The van der Waals surface area contributed by atoms with E-state index in [2.05, 4.69) is 5.32 Å². The Morgan fingerprint density at radius 1 is 1.41 bits per heavy atom. The SMILES string of the molecule is CC(CN)(NC(=O)Cc1ccccc1)C1CC1. The summed E-state index contributed by atoms with van der Waals surface area (Å²) in [5.41, 5.74) is 6.60. The predicted octanol–water partition coefficient (Wildman–Crippen LogP) is 1.47. The van der Waals surface area contributed by atoms with Crippen LogP contribution in [0.15, 0.2) is 30.3 Å². The Hall–Kier alpha value is -1.35. The van der Waals surface area contributed by atoms with Crippen LogP contribution in [0, 0.1) is 5.92 Å². The van der Waals surface area contributed by atoms with Gasteiger partial charge in [0.05, 0.1) is 12.0 Å². The smallest absolute Gasteiger partial charge is 0.224 e. The number of rotatable bonds is 5. The molecule has 1 atom stereocenters. The van der Waals surface area contributed by atoms with Crippen LogP contribution in [0.5, 0.6) is 0 Å². The molecule has 3 heteroatoms. The molecule has 0 aliphatic heterocycles. The maximum atomic E-state index is 12.0. The third kappa shape index (κ3) is 3.07. The van der Waals surface area contributed by atoms with E-state index in [1.807, 2.05) is 37.3 Å². The van der Waals surface area contributed by atoms with Gasteiger partial charge in [-0.05, 0) is 31.2 Å². The molecule has 0 spiro atoms. The van der Waals surface area contributed by atoms with Gasteiger partial charge in [0.2, 0.25) is 5.91 Å². The third-order valence-electron chi connectivity index (χ3n) is 3.53. The van der Waals surface area contributed by atoms with Crippen LogP contribution in [-0.2, 0) is 11.2 Å². The van der Waals surface area contributed by atoms with Crippen molar-refractivity contribution < 1.29 is 4.79 Å². The first-order valence-electron chi connectivity index (χ1n) is 6.19. The fourth-order valence-electron chi connectivity index (χ4n) is 2.18. The molecule has 1 aromatic rings. The van der Waals surface area contributed by atoms with Crippen LogP contribution in [0.25, 0.3) is 0 Å². The quantitative estimate of drug-likeness (QED) is 0.807. The molecule has 92 valence electrons. The molecule has 0 aromatic heterocycles.